The number of aromatic nitrogens is 3. The number of hydrogen-bond donors (Lipinski definition) is 3. The summed E-state index contributed by atoms with van der Waals surface area (Å²) in [5, 5.41) is 59.9. The normalized spacial score (nSPS) is 12.6. The summed E-state index contributed by atoms with van der Waals surface area (Å²) in [6.45, 7) is 7.52. The molecule has 0 radical (unpaired) electrons. The predicted molar refractivity (Wildman–Crippen MR) is 246 cm³/mol. The number of hydrogen-bond acceptors (Lipinski definition) is 11. The topological polar surface area (TPSA) is 193 Å². The summed E-state index contributed by atoms with van der Waals surface area (Å²) < 4.78 is 0. The molecule has 0 amide bonds. The molecule has 318 valence electrons. The lowest BCUT2D eigenvalue weighted by Gasteiger charge is -2.12. The van der Waals surface area contributed by atoms with E-state index < -0.39 is 16.5 Å². The van der Waals surface area contributed by atoms with E-state index in [0.29, 0.717) is 16.8 Å². The van der Waals surface area contributed by atoms with Gasteiger partial charge in [-0.1, -0.05) is 127 Å². The highest BCUT2D eigenvalue weighted by atomic mass is 35.5. The van der Waals surface area contributed by atoms with Gasteiger partial charge in [0.1, 0.15) is 44.0 Å². The van der Waals surface area contributed by atoms with Crippen LogP contribution in [0.2, 0.25) is 0 Å². The van der Waals surface area contributed by atoms with E-state index in [2.05, 4.69) is 20.4 Å². The van der Waals surface area contributed by atoms with Crippen molar-refractivity contribution in [3.05, 3.63) is 176 Å². The minimum absolute atomic E-state index is 0.0257. The Labute approximate surface area is 371 Å². The summed E-state index contributed by atoms with van der Waals surface area (Å²) in [7, 11) is 0. The SMILES string of the molecule is CCC(C)O.Cc1ccc(N=Nc2c(O)ccc3ccccc23)c([N+](=O)[O-])c1.Cc1ccc2nn(-c3c(O)ccc4ccccc34)nc2c1.O=C1C(Cl)=C(Cl)C(=O)c2ccccc21. The minimum atomic E-state index is -0.496. The van der Waals surface area contributed by atoms with Gasteiger partial charge < -0.3 is 15.3 Å². The smallest absolute Gasteiger partial charge is 0.296 e. The number of azo groups is 1. The molecule has 1 aliphatic carbocycles. The van der Waals surface area contributed by atoms with Crippen LogP contribution in [0.25, 0.3) is 38.3 Å². The van der Waals surface area contributed by atoms with Gasteiger partial charge in [-0.15, -0.1) is 25.2 Å². The molecule has 0 spiro atoms. The molecule has 1 unspecified atom stereocenters. The average Bonchev–Trinajstić information content (AvgIpc) is 3.70. The van der Waals surface area contributed by atoms with Crippen molar-refractivity contribution in [2.75, 3.05) is 0 Å². The number of aliphatic hydroxyl groups is 1. The van der Waals surface area contributed by atoms with Crippen molar-refractivity contribution >= 4 is 84.4 Å². The van der Waals surface area contributed by atoms with E-state index in [4.69, 9.17) is 28.3 Å². The first-order chi connectivity index (χ1) is 30.2. The highest BCUT2D eigenvalue weighted by molar-refractivity contribution is 6.59. The summed E-state index contributed by atoms with van der Waals surface area (Å²) in [4.78, 5) is 35.2. The number of carbonyl (C=O) groups is 2. The van der Waals surface area contributed by atoms with Gasteiger partial charge in [0.05, 0.1) is 11.0 Å². The number of carbonyl (C=O) groups excluding carboxylic acids is 2. The number of phenolic OH excluding ortho intramolecular Hbond substituents is 2. The molecule has 1 atom stereocenters. The molecule has 3 N–H and O–H groups in total. The summed E-state index contributed by atoms with van der Waals surface area (Å²) in [6.07, 6.45) is 0.745. The molecule has 8 aromatic rings. The zero-order valence-electron chi connectivity index (χ0n) is 34.4. The van der Waals surface area contributed by atoms with E-state index in [-0.39, 0.29) is 44.7 Å². The van der Waals surface area contributed by atoms with Gasteiger partial charge in [0, 0.05) is 28.0 Å². The molecular formula is C48H40Cl2N6O7. The van der Waals surface area contributed by atoms with Crippen molar-refractivity contribution in [3.8, 4) is 17.2 Å². The maximum absolute atomic E-state index is 11.5. The molecule has 9 rings (SSSR count). The summed E-state index contributed by atoms with van der Waals surface area (Å²) in [5.41, 5.74) is 5.09. The van der Waals surface area contributed by atoms with Crippen LogP contribution >= 0.6 is 23.2 Å². The Morgan fingerprint density at radius 3 is 1.79 bits per heavy atom. The third-order valence-electron chi connectivity index (χ3n) is 9.68. The molecule has 1 aliphatic rings. The van der Waals surface area contributed by atoms with Gasteiger partial charge in [-0.05, 0) is 79.4 Å². The van der Waals surface area contributed by atoms with E-state index in [1.807, 2.05) is 86.6 Å². The second-order valence-electron chi connectivity index (χ2n) is 14.3. The number of phenols is 2. The van der Waals surface area contributed by atoms with Crippen LogP contribution in [0.1, 0.15) is 52.1 Å². The number of nitrogens with zero attached hydrogens (tertiary/aromatic N) is 6. The lowest BCUT2D eigenvalue weighted by molar-refractivity contribution is -0.384. The van der Waals surface area contributed by atoms with Crippen molar-refractivity contribution in [2.24, 2.45) is 10.2 Å². The zero-order chi connectivity index (χ0) is 45.4. The molecule has 0 aliphatic heterocycles. The van der Waals surface area contributed by atoms with Crippen molar-refractivity contribution in [2.45, 2.75) is 40.2 Å². The minimum Gasteiger partial charge on any atom is -0.506 e. The maximum atomic E-state index is 11.5. The maximum Gasteiger partial charge on any atom is 0.296 e. The quantitative estimate of drug-likeness (QED) is 0.0856. The molecule has 0 fully saturated rings. The number of aromatic hydroxyl groups is 2. The van der Waals surface area contributed by atoms with Crippen LogP contribution in [0.5, 0.6) is 11.5 Å². The van der Waals surface area contributed by atoms with Gasteiger partial charge >= 0.3 is 0 Å². The lowest BCUT2D eigenvalue weighted by atomic mass is 9.95. The Kier molecular flexibility index (Phi) is 14.4. The van der Waals surface area contributed by atoms with Gasteiger partial charge in [-0.3, -0.25) is 19.7 Å². The van der Waals surface area contributed by atoms with Crippen LogP contribution in [0.15, 0.2) is 154 Å². The molecule has 0 saturated carbocycles. The first-order valence-corrected chi connectivity index (χ1v) is 20.3. The number of Topliss-reactive ketones (excluding diaryl/α,β-unsaturated/α-hetero) is 2. The van der Waals surface area contributed by atoms with Gasteiger partial charge in [0.25, 0.3) is 5.69 Å². The molecule has 1 heterocycles. The highest BCUT2D eigenvalue weighted by Gasteiger charge is 2.29. The van der Waals surface area contributed by atoms with E-state index >= 15 is 0 Å². The van der Waals surface area contributed by atoms with Crippen molar-refractivity contribution in [3.63, 3.8) is 0 Å². The number of nitro groups is 1. The van der Waals surface area contributed by atoms with Crippen molar-refractivity contribution in [1.82, 2.24) is 15.0 Å². The Balaban J connectivity index is 0.000000153. The molecule has 1 aromatic heterocycles. The Morgan fingerprint density at radius 1 is 0.683 bits per heavy atom. The van der Waals surface area contributed by atoms with Crippen molar-refractivity contribution in [1.29, 1.82) is 0 Å². The van der Waals surface area contributed by atoms with E-state index in [1.165, 1.54) is 16.9 Å². The Hall–Kier alpha value is -7.32. The lowest BCUT2D eigenvalue weighted by Crippen LogP contribution is -2.17. The Morgan fingerprint density at radius 2 is 1.19 bits per heavy atom. The van der Waals surface area contributed by atoms with Crippen LogP contribution in [-0.2, 0) is 0 Å². The third kappa shape index (κ3) is 10.4. The number of fused-ring (bicyclic) bond motifs is 4. The number of aliphatic hydroxyl groups excluding tert-OH is 1. The van der Waals surface area contributed by atoms with E-state index in [9.17, 15) is 29.9 Å². The highest BCUT2D eigenvalue weighted by Crippen LogP contribution is 2.38. The molecule has 7 aromatic carbocycles. The first kappa shape index (κ1) is 45.2. The van der Waals surface area contributed by atoms with E-state index in [1.54, 1.807) is 62.4 Å². The molecular weight excluding hydrogens is 843 g/mol. The second kappa shape index (κ2) is 20.0. The predicted octanol–water partition coefficient (Wildman–Crippen LogP) is 12.3. The number of benzene rings is 7. The fraction of sp³-hybridized carbons (Fsp3) is 0.125. The molecule has 13 nitrogen and oxygen atoms in total. The molecule has 15 heteroatoms. The summed E-state index contributed by atoms with van der Waals surface area (Å²) in [6, 6.07) is 39.3. The molecule has 0 saturated heterocycles. The standard InChI is InChI=1S/C17H13N3O3.C17H13N3O.C10H4Cl2O2.C4H10O/c1-11-6-8-14(15(10-11)20(22)23)18-19-17-13-5-3-2-4-12(13)7-9-16(17)21;1-11-6-8-14-15(10-11)19-20(18-14)17-13-5-3-2-4-12(13)7-9-16(17)21;11-7-8(12)10(14)6-4-2-1-3-5(6)9(7)13;1-3-4(2)5/h2-10,21H,1H3;2-10,21H,1H3;1-4H;4-5H,3H2,1-2H3. The summed E-state index contributed by atoms with van der Waals surface area (Å²) in [5.74, 6) is -0.647. The zero-order valence-corrected chi connectivity index (χ0v) is 35.9. The third-order valence-corrected chi connectivity index (χ3v) is 10.5. The average molecular weight is 884 g/mol. The van der Waals surface area contributed by atoms with Crippen LogP contribution in [-0.4, -0.2) is 52.9 Å². The number of nitro benzene ring substituents is 1. The van der Waals surface area contributed by atoms with Gasteiger partial charge in [-0.25, -0.2) is 0 Å². The largest absolute Gasteiger partial charge is 0.506 e. The summed E-state index contributed by atoms with van der Waals surface area (Å²) >= 11 is 11.2. The Bertz CT molecular complexity index is 3050. The number of halogens is 2. The molecule has 63 heavy (non-hydrogen) atoms. The molecule has 0 bridgehead atoms. The fourth-order valence-electron chi connectivity index (χ4n) is 6.21. The van der Waals surface area contributed by atoms with Gasteiger partial charge in [-0.2, -0.15) is 0 Å². The van der Waals surface area contributed by atoms with Crippen LogP contribution < -0.4 is 0 Å². The first-order valence-electron chi connectivity index (χ1n) is 19.5. The monoisotopic (exact) mass is 882 g/mol. The van der Waals surface area contributed by atoms with Gasteiger partial charge in [0.15, 0.2) is 5.69 Å². The number of aryl methyl sites for hydroxylation is 2. The number of allylic oxidation sites excluding steroid dienone is 2. The van der Waals surface area contributed by atoms with Crippen molar-refractivity contribution < 1.29 is 29.8 Å². The fourth-order valence-corrected chi connectivity index (χ4v) is 6.59. The van der Waals surface area contributed by atoms with Crippen LogP contribution in [0.3, 0.4) is 0 Å². The van der Waals surface area contributed by atoms with Crippen LogP contribution in [0, 0.1) is 24.0 Å². The van der Waals surface area contributed by atoms with E-state index in [0.717, 1.165) is 50.1 Å². The number of rotatable bonds is 5. The van der Waals surface area contributed by atoms with Crippen LogP contribution in [0.4, 0.5) is 17.1 Å². The second-order valence-corrected chi connectivity index (χ2v) is 15.1. The number of ketones is 2. The van der Waals surface area contributed by atoms with Gasteiger partial charge in [0.2, 0.25) is 11.6 Å².